The molecule has 1 unspecified atom stereocenters. The predicted octanol–water partition coefficient (Wildman–Crippen LogP) is 1.95. The number of nitrogens with one attached hydrogen (secondary N) is 1. The van der Waals surface area contributed by atoms with E-state index in [1.165, 1.54) is 22.1 Å². The zero-order valence-corrected chi connectivity index (χ0v) is 15.2. The highest BCUT2D eigenvalue weighted by Gasteiger charge is 2.27. The van der Waals surface area contributed by atoms with Crippen molar-refractivity contribution in [1.82, 2.24) is 20.1 Å². The van der Waals surface area contributed by atoms with Crippen molar-refractivity contribution < 1.29 is 0 Å². The first-order valence-electron chi connectivity index (χ1n) is 7.83. The van der Waals surface area contributed by atoms with Crippen LogP contribution < -0.4 is 5.32 Å². The van der Waals surface area contributed by atoms with E-state index in [9.17, 15) is 0 Å². The maximum absolute atomic E-state index is 4.99. The molecular weight excluding hydrogens is 280 g/mol. The maximum atomic E-state index is 4.99. The van der Waals surface area contributed by atoms with E-state index >= 15 is 0 Å². The number of likely N-dealkylation sites (N-methyl/N-ethyl adjacent to an activating group) is 2. The van der Waals surface area contributed by atoms with Crippen LogP contribution in [0.1, 0.15) is 36.3 Å². The molecule has 2 rings (SSSR count). The lowest BCUT2D eigenvalue weighted by molar-refractivity contribution is 0.114. The molecule has 1 atom stereocenters. The monoisotopic (exact) mass is 310 g/mol. The van der Waals surface area contributed by atoms with Crippen LogP contribution in [0.2, 0.25) is 0 Å². The van der Waals surface area contributed by atoms with Gasteiger partial charge < -0.3 is 15.1 Å². The summed E-state index contributed by atoms with van der Waals surface area (Å²) in [6.07, 6.45) is 1.07. The van der Waals surface area contributed by atoms with Gasteiger partial charge >= 0.3 is 0 Å². The first-order valence-corrected chi connectivity index (χ1v) is 8.65. The van der Waals surface area contributed by atoms with Gasteiger partial charge in [-0.2, -0.15) is 0 Å². The number of thiazole rings is 1. The molecular formula is C16H30N4S. The lowest BCUT2D eigenvalue weighted by Crippen LogP contribution is -2.50. The quantitative estimate of drug-likeness (QED) is 0.921. The van der Waals surface area contributed by atoms with Gasteiger partial charge in [-0.15, -0.1) is 11.3 Å². The van der Waals surface area contributed by atoms with Crippen molar-refractivity contribution in [2.24, 2.45) is 0 Å². The van der Waals surface area contributed by atoms with E-state index in [4.69, 9.17) is 4.98 Å². The molecule has 4 nitrogen and oxygen atoms in total. The molecule has 1 N–H and O–H groups in total. The van der Waals surface area contributed by atoms with Crippen LogP contribution in [0.25, 0.3) is 0 Å². The third-order valence-electron chi connectivity index (χ3n) is 4.18. The van der Waals surface area contributed by atoms with Gasteiger partial charge in [0, 0.05) is 48.9 Å². The maximum Gasteiger partial charge on any atom is 0.0947 e. The average molecular weight is 311 g/mol. The molecule has 0 amide bonds. The summed E-state index contributed by atoms with van der Waals surface area (Å²) in [6, 6.07) is 0.588. The predicted molar refractivity (Wildman–Crippen MR) is 91.2 cm³/mol. The summed E-state index contributed by atoms with van der Waals surface area (Å²) in [4.78, 5) is 11.3. The number of piperazine rings is 1. The highest BCUT2D eigenvalue weighted by molar-refractivity contribution is 7.11. The van der Waals surface area contributed by atoms with Gasteiger partial charge in [0.1, 0.15) is 0 Å². The summed E-state index contributed by atoms with van der Waals surface area (Å²) in [5.41, 5.74) is 1.39. The van der Waals surface area contributed by atoms with Crippen molar-refractivity contribution in [1.29, 1.82) is 0 Å². The van der Waals surface area contributed by atoms with Gasteiger partial charge in [0.25, 0.3) is 0 Å². The fraction of sp³-hybridized carbons (Fsp3) is 0.812. The number of hydrogen-bond donors (Lipinski definition) is 1. The van der Waals surface area contributed by atoms with E-state index in [1.807, 2.05) is 18.4 Å². The molecule has 1 fully saturated rings. The summed E-state index contributed by atoms with van der Waals surface area (Å²) in [6.45, 7) is 11.2. The summed E-state index contributed by atoms with van der Waals surface area (Å²) in [5.74, 6) is 0. The second-order valence-electron chi connectivity index (χ2n) is 7.26. The van der Waals surface area contributed by atoms with E-state index in [0.29, 0.717) is 6.04 Å². The van der Waals surface area contributed by atoms with Crippen LogP contribution in [0.4, 0.5) is 0 Å². The van der Waals surface area contributed by atoms with Crippen LogP contribution in [0.5, 0.6) is 0 Å². The third-order valence-corrected chi connectivity index (χ3v) is 5.26. The Bertz CT molecular complexity index is 463. The molecule has 1 aromatic rings. The summed E-state index contributed by atoms with van der Waals surface area (Å²) in [5, 5.41) is 4.57. The van der Waals surface area contributed by atoms with Gasteiger partial charge in [-0.25, -0.2) is 4.98 Å². The second kappa shape index (κ2) is 6.73. The Hall–Kier alpha value is -0.490. The highest BCUT2D eigenvalue weighted by Crippen LogP contribution is 2.30. The zero-order chi connectivity index (χ0) is 15.6. The van der Waals surface area contributed by atoms with Gasteiger partial charge in [0.15, 0.2) is 0 Å². The average Bonchev–Trinajstić information content (AvgIpc) is 2.77. The van der Waals surface area contributed by atoms with Gasteiger partial charge in [-0.1, -0.05) is 20.8 Å². The minimum absolute atomic E-state index is 0.121. The molecule has 0 radical (unpaired) electrons. The van der Waals surface area contributed by atoms with Crippen molar-refractivity contribution in [3.05, 3.63) is 15.6 Å². The van der Waals surface area contributed by atoms with E-state index in [-0.39, 0.29) is 5.41 Å². The van der Waals surface area contributed by atoms with Crippen molar-refractivity contribution >= 4 is 11.3 Å². The van der Waals surface area contributed by atoms with Gasteiger partial charge in [-0.3, -0.25) is 0 Å². The first-order chi connectivity index (χ1) is 9.81. The Morgan fingerprint density at radius 2 is 2.00 bits per heavy atom. The van der Waals surface area contributed by atoms with Gasteiger partial charge in [0.05, 0.1) is 10.7 Å². The Kier molecular flexibility index (Phi) is 5.41. The highest BCUT2D eigenvalue weighted by atomic mass is 32.1. The largest absolute Gasteiger partial charge is 0.315 e. The molecule has 0 spiro atoms. The Balaban J connectivity index is 2.16. The fourth-order valence-electron chi connectivity index (χ4n) is 2.88. The molecule has 1 aliphatic heterocycles. The van der Waals surface area contributed by atoms with Crippen LogP contribution in [0.3, 0.4) is 0 Å². The fourth-order valence-corrected chi connectivity index (χ4v) is 4.24. The van der Waals surface area contributed by atoms with E-state index in [0.717, 1.165) is 26.1 Å². The normalized spacial score (nSPS) is 21.9. The molecule has 1 aliphatic rings. The zero-order valence-electron chi connectivity index (χ0n) is 14.4. The topological polar surface area (TPSA) is 31.4 Å². The van der Waals surface area contributed by atoms with E-state index < -0.39 is 0 Å². The second-order valence-corrected chi connectivity index (χ2v) is 8.43. The third kappa shape index (κ3) is 4.25. The number of aromatic nitrogens is 1. The minimum atomic E-state index is 0.121. The summed E-state index contributed by atoms with van der Waals surface area (Å²) in [7, 11) is 6.47. The SMILES string of the molecule is CNCc1sc(CC2CN(C)CCN2C)nc1C(C)(C)C. The Morgan fingerprint density at radius 1 is 1.29 bits per heavy atom. The summed E-state index contributed by atoms with van der Waals surface area (Å²) < 4.78 is 0. The number of nitrogens with zero attached hydrogens (tertiary/aromatic N) is 3. The van der Waals surface area contributed by atoms with E-state index in [1.54, 1.807) is 0 Å². The van der Waals surface area contributed by atoms with Crippen LogP contribution in [0, 0.1) is 0 Å². The Morgan fingerprint density at radius 3 is 2.62 bits per heavy atom. The molecule has 2 heterocycles. The lowest BCUT2D eigenvalue weighted by atomic mass is 9.91. The van der Waals surface area contributed by atoms with Crippen molar-refractivity contribution in [2.75, 3.05) is 40.8 Å². The molecule has 5 heteroatoms. The van der Waals surface area contributed by atoms with Crippen molar-refractivity contribution in [2.45, 2.75) is 45.2 Å². The van der Waals surface area contributed by atoms with Crippen LogP contribution in [0.15, 0.2) is 0 Å². The van der Waals surface area contributed by atoms with Gasteiger partial charge in [-0.05, 0) is 21.1 Å². The molecule has 0 bridgehead atoms. The first kappa shape index (κ1) is 16.9. The van der Waals surface area contributed by atoms with Crippen LogP contribution in [-0.4, -0.2) is 61.6 Å². The van der Waals surface area contributed by atoms with Crippen LogP contribution in [-0.2, 0) is 18.4 Å². The molecule has 1 saturated heterocycles. The van der Waals surface area contributed by atoms with Crippen molar-refractivity contribution in [3.8, 4) is 0 Å². The molecule has 21 heavy (non-hydrogen) atoms. The number of hydrogen-bond acceptors (Lipinski definition) is 5. The lowest BCUT2D eigenvalue weighted by Gasteiger charge is -2.37. The van der Waals surface area contributed by atoms with Crippen LogP contribution >= 0.6 is 11.3 Å². The minimum Gasteiger partial charge on any atom is -0.315 e. The molecule has 120 valence electrons. The smallest absolute Gasteiger partial charge is 0.0947 e. The van der Waals surface area contributed by atoms with Gasteiger partial charge in [0.2, 0.25) is 0 Å². The summed E-state index contributed by atoms with van der Waals surface area (Å²) >= 11 is 1.89. The Labute approximate surface area is 133 Å². The van der Waals surface area contributed by atoms with E-state index in [2.05, 4.69) is 50.0 Å². The molecule has 0 saturated carbocycles. The molecule has 1 aromatic heterocycles. The van der Waals surface area contributed by atoms with Crippen molar-refractivity contribution in [3.63, 3.8) is 0 Å². The molecule has 0 aliphatic carbocycles. The standard InChI is InChI=1S/C16H30N4S/c1-16(2,3)15-13(10-17-4)21-14(18-15)9-12-11-19(5)7-8-20(12)6/h12,17H,7-11H2,1-6H3. The molecule has 0 aromatic carbocycles. The number of rotatable bonds is 4.